The van der Waals surface area contributed by atoms with Gasteiger partial charge in [-0.2, -0.15) is 0 Å². The number of nitrogens with zero attached hydrogens (tertiary/aromatic N) is 1. The summed E-state index contributed by atoms with van der Waals surface area (Å²) in [5, 5.41) is 2.85. The van der Waals surface area contributed by atoms with Gasteiger partial charge in [-0.05, 0) is 18.9 Å². The molecule has 23 heavy (non-hydrogen) atoms. The highest BCUT2D eigenvalue weighted by Gasteiger charge is 2.39. The number of morpholine rings is 1. The van der Waals surface area contributed by atoms with Crippen LogP contribution in [0.5, 0.6) is 0 Å². The third-order valence-electron chi connectivity index (χ3n) is 3.99. The second-order valence-electron chi connectivity index (χ2n) is 5.73. The van der Waals surface area contributed by atoms with Gasteiger partial charge in [-0.25, -0.2) is 0 Å². The fraction of sp³-hybridized carbons (Fsp3) is 0.529. The van der Waals surface area contributed by atoms with Crippen molar-refractivity contribution in [1.29, 1.82) is 0 Å². The Labute approximate surface area is 136 Å². The van der Waals surface area contributed by atoms with Crippen LogP contribution in [0.3, 0.4) is 0 Å². The molecule has 1 aromatic rings. The van der Waals surface area contributed by atoms with E-state index in [1.165, 1.54) is 0 Å². The van der Waals surface area contributed by atoms with Crippen molar-refractivity contribution in [3.05, 3.63) is 35.4 Å². The van der Waals surface area contributed by atoms with E-state index in [-0.39, 0.29) is 18.4 Å². The number of aryl methyl sites for hydroxylation is 1. The first kappa shape index (κ1) is 17.4. The molecule has 1 aliphatic heterocycles. The minimum Gasteiger partial charge on any atom is -0.385 e. The van der Waals surface area contributed by atoms with Gasteiger partial charge in [0, 0.05) is 27.3 Å². The molecule has 6 nitrogen and oxygen atoms in total. The van der Waals surface area contributed by atoms with E-state index in [2.05, 4.69) is 5.32 Å². The van der Waals surface area contributed by atoms with Gasteiger partial charge in [-0.15, -0.1) is 0 Å². The summed E-state index contributed by atoms with van der Waals surface area (Å²) in [7, 11) is 3.33. The predicted octanol–water partition coefficient (Wildman–Crippen LogP) is 1.05. The first-order valence-corrected chi connectivity index (χ1v) is 7.75. The Bertz CT molecular complexity index is 544. The Morgan fingerprint density at radius 2 is 2.09 bits per heavy atom. The van der Waals surface area contributed by atoms with Crippen LogP contribution in [0, 0.1) is 6.92 Å². The molecule has 0 spiro atoms. The van der Waals surface area contributed by atoms with Gasteiger partial charge in [0.15, 0.2) is 6.10 Å². The Kier molecular flexibility index (Phi) is 6.12. The molecule has 1 fully saturated rings. The summed E-state index contributed by atoms with van der Waals surface area (Å²) < 4.78 is 10.5. The van der Waals surface area contributed by atoms with Crippen LogP contribution in [0.15, 0.2) is 24.3 Å². The molecule has 0 unspecified atom stereocenters. The summed E-state index contributed by atoms with van der Waals surface area (Å²) >= 11 is 0. The van der Waals surface area contributed by atoms with Crippen LogP contribution in [0.25, 0.3) is 0 Å². The third kappa shape index (κ3) is 4.30. The van der Waals surface area contributed by atoms with Crippen molar-refractivity contribution in [2.24, 2.45) is 0 Å². The van der Waals surface area contributed by atoms with Crippen molar-refractivity contribution in [1.82, 2.24) is 10.2 Å². The molecular formula is C17H24N2O4. The van der Waals surface area contributed by atoms with Crippen LogP contribution in [-0.4, -0.2) is 56.7 Å². The van der Waals surface area contributed by atoms with E-state index in [4.69, 9.17) is 9.47 Å². The lowest BCUT2D eigenvalue weighted by Gasteiger charge is -2.38. The first-order chi connectivity index (χ1) is 11.0. The van der Waals surface area contributed by atoms with Crippen LogP contribution in [0.4, 0.5) is 0 Å². The summed E-state index contributed by atoms with van der Waals surface area (Å²) in [4.78, 5) is 26.0. The fourth-order valence-corrected chi connectivity index (χ4v) is 2.62. The van der Waals surface area contributed by atoms with Crippen LogP contribution in [0.1, 0.15) is 23.6 Å². The van der Waals surface area contributed by atoms with E-state index in [1.54, 1.807) is 19.1 Å². The monoisotopic (exact) mass is 320 g/mol. The molecule has 2 amide bonds. The molecular weight excluding hydrogens is 296 g/mol. The standard InChI is InChI=1S/C17H24N2O4/c1-12-5-7-13(8-6-12)15-16(23-11-14(20)19(15)2)17(21)18-9-4-10-22-3/h5-8,15-16H,4,9-11H2,1-3H3,(H,18,21)/t15-,16-/m0/s1. The summed E-state index contributed by atoms with van der Waals surface area (Å²) in [6.45, 7) is 3.03. The lowest BCUT2D eigenvalue weighted by Crippen LogP contribution is -2.53. The minimum absolute atomic E-state index is 0.0744. The number of amides is 2. The SMILES string of the molecule is COCCCNC(=O)[C@H]1OCC(=O)N(C)[C@H]1c1ccc(C)cc1. The maximum absolute atomic E-state index is 12.4. The number of likely N-dealkylation sites (N-methyl/N-ethyl adjacent to an activating group) is 1. The number of benzene rings is 1. The lowest BCUT2D eigenvalue weighted by molar-refractivity contribution is -0.162. The normalized spacial score (nSPS) is 21.3. The molecule has 0 radical (unpaired) electrons. The van der Waals surface area contributed by atoms with Crippen molar-refractivity contribution < 1.29 is 19.1 Å². The molecule has 1 saturated heterocycles. The second-order valence-corrected chi connectivity index (χ2v) is 5.73. The third-order valence-corrected chi connectivity index (χ3v) is 3.99. The number of methoxy groups -OCH3 is 1. The maximum Gasteiger partial charge on any atom is 0.251 e. The van der Waals surface area contributed by atoms with Crippen molar-refractivity contribution in [2.75, 3.05) is 33.9 Å². The zero-order valence-electron chi connectivity index (χ0n) is 13.9. The molecule has 6 heteroatoms. The van der Waals surface area contributed by atoms with Crippen molar-refractivity contribution in [3.8, 4) is 0 Å². The van der Waals surface area contributed by atoms with Gasteiger partial charge in [0.2, 0.25) is 5.91 Å². The Morgan fingerprint density at radius 1 is 1.39 bits per heavy atom. The zero-order chi connectivity index (χ0) is 16.8. The molecule has 126 valence electrons. The van der Waals surface area contributed by atoms with Gasteiger partial charge in [0.05, 0.1) is 6.04 Å². The Balaban J connectivity index is 2.13. The smallest absolute Gasteiger partial charge is 0.251 e. The van der Waals surface area contributed by atoms with E-state index < -0.39 is 12.1 Å². The average Bonchev–Trinajstić information content (AvgIpc) is 2.55. The van der Waals surface area contributed by atoms with E-state index >= 15 is 0 Å². The summed E-state index contributed by atoms with van der Waals surface area (Å²) in [5.41, 5.74) is 2.02. The fourth-order valence-electron chi connectivity index (χ4n) is 2.62. The van der Waals surface area contributed by atoms with Crippen LogP contribution < -0.4 is 5.32 Å². The number of carbonyl (C=O) groups is 2. The van der Waals surface area contributed by atoms with Crippen molar-refractivity contribution in [3.63, 3.8) is 0 Å². The molecule has 0 bridgehead atoms. The van der Waals surface area contributed by atoms with E-state index in [0.29, 0.717) is 13.2 Å². The van der Waals surface area contributed by atoms with Gasteiger partial charge >= 0.3 is 0 Å². The number of hydrogen-bond donors (Lipinski definition) is 1. The molecule has 0 saturated carbocycles. The lowest BCUT2D eigenvalue weighted by atomic mass is 9.96. The molecule has 1 aliphatic rings. The molecule has 1 aromatic carbocycles. The highest BCUT2D eigenvalue weighted by molar-refractivity contribution is 5.86. The number of ether oxygens (including phenoxy) is 2. The number of nitrogens with one attached hydrogen (secondary N) is 1. The number of carbonyl (C=O) groups excluding carboxylic acids is 2. The summed E-state index contributed by atoms with van der Waals surface area (Å²) in [5.74, 6) is -0.329. The predicted molar refractivity (Wildman–Crippen MR) is 85.9 cm³/mol. The molecule has 2 atom stereocenters. The van der Waals surface area contributed by atoms with Gasteiger partial charge in [-0.1, -0.05) is 29.8 Å². The van der Waals surface area contributed by atoms with Gasteiger partial charge in [0.25, 0.3) is 5.91 Å². The zero-order valence-corrected chi connectivity index (χ0v) is 13.9. The van der Waals surface area contributed by atoms with Crippen LogP contribution in [-0.2, 0) is 19.1 Å². The molecule has 0 aliphatic carbocycles. The Hall–Kier alpha value is -1.92. The van der Waals surface area contributed by atoms with Crippen molar-refractivity contribution >= 4 is 11.8 Å². The van der Waals surface area contributed by atoms with Gasteiger partial charge < -0.3 is 19.7 Å². The van der Waals surface area contributed by atoms with Crippen molar-refractivity contribution in [2.45, 2.75) is 25.5 Å². The highest BCUT2D eigenvalue weighted by Crippen LogP contribution is 2.29. The molecule has 1 heterocycles. The van der Waals surface area contributed by atoms with Gasteiger partial charge in [0.1, 0.15) is 6.61 Å². The van der Waals surface area contributed by atoms with Crippen LogP contribution >= 0.6 is 0 Å². The number of hydrogen-bond acceptors (Lipinski definition) is 4. The maximum atomic E-state index is 12.4. The van der Waals surface area contributed by atoms with E-state index in [0.717, 1.165) is 17.5 Å². The summed E-state index contributed by atoms with van der Waals surface area (Å²) in [6, 6.07) is 7.39. The number of rotatable bonds is 6. The first-order valence-electron chi connectivity index (χ1n) is 7.75. The van der Waals surface area contributed by atoms with Gasteiger partial charge in [-0.3, -0.25) is 9.59 Å². The molecule has 1 N–H and O–H groups in total. The topological polar surface area (TPSA) is 67.9 Å². The average molecular weight is 320 g/mol. The van der Waals surface area contributed by atoms with E-state index in [1.807, 2.05) is 31.2 Å². The molecule has 2 rings (SSSR count). The second kappa shape index (κ2) is 8.08. The molecule has 0 aromatic heterocycles. The quantitative estimate of drug-likeness (QED) is 0.796. The van der Waals surface area contributed by atoms with E-state index in [9.17, 15) is 9.59 Å². The Morgan fingerprint density at radius 3 is 2.74 bits per heavy atom. The highest BCUT2D eigenvalue weighted by atomic mass is 16.5. The minimum atomic E-state index is -0.706. The summed E-state index contributed by atoms with van der Waals surface area (Å²) in [6.07, 6.45) is 0.0294. The van der Waals surface area contributed by atoms with Crippen LogP contribution in [0.2, 0.25) is 0 Å². The largest absolute Gasteiger partial charge is 0.385 e.